The van der Waals surface area contributed by atoms with Gasteiger partial charge in [0.15, 0.2) is 0 Å². The zero-order valence-corrected chi connectivity index (χ0v) is 15.5. The van der Waals surface area contributed by atoms with Gasteiger partial charge in [0, 0.05) is 17.8 Å². The number of hydrogen-bond donors (Lipinski definition) is 2. The van der Waals surface area contributed by atoms with Gasteiger partial charge in [-0.2, -0.15) is 0 Å². The number of piperidine rings is 2. The van der Waals surface area contributed by atoms with Gasteiger partial charge in [0.05, 0.1) is 5.70 Å². The van der Waals surface area contributed by atoms with E-state index in [2.05, 4.69) is 24.5 Å². The Morgan fingerprint density at radius 2 is 2.00 bits per heavy atom. The van der Waals surface area contributed by atoms with Crippen molar-refractivity contribution in [2.45, 2.75) is 44.2 Å². The lowest BCUT2D eigenvalue weighted by atomic mass is 9.61. The molecule has 140 valence electrons. The molecule has 5 aliphatic heterocycles. The molecule has 0 unspecified atom stereocenters. The normalized spacial score (nSPS) is 35.5. The van der Waals surface area contributed by atoms with Crippen molar-refractivity contribution in [2.75, 3.05) is 11.9 Å². The van der Waals surface area contributed by atoms with Crippen LogP contribution in [0, 0.1) is 11.8 Å². The van der Waals surface area contributed by atoms with Gasteiger partial charge in [-0.05, 0) is 49.3 Å². The highest BCUT2D eigenvalue weighted by Gasteiger charge is 2.69. The summed E-state index contributed by atoms with van der Waals surface area (Å²) < 4.78 is 0. The van der Waals surface area contributed by atoms with E-state index in [1.54, 1.807) is 17.0 Å². The first-order valence-corrected chi connectivity index (χ1v) is 9.67. The summed E-state index contributed by atoms with van der Waals surface area (Å²) in [6.07, 6.45) is 3.78. The average Bonchev–Trinajstić information content (AvgIpc) is 3.21. The number of anilines is 1. The predicted molar refractivity (Wildman–Crippen MR) is 100.0 cm³/mol. The molecule has 2 bridgehead atoms. The first-order chi connectivity index (χ1) is 12.9. The topological polar surface area (TPSA) is 78.5 Å². The number of fused-ring (bicyclic) bond motifs is 3. The third kappa shape index (κ3) is 1.93. The Hall–Kier alpha value is -2.63. The van der Waals surface area contributed by atoms with Crippen molar-refractivity contribution in [3.05, 3.63) is 41.6 Å². The largest absolute Gasteiger partial charge is 0.352 e. The second-order valence-corrected chi connectivity index (χ2v) is 8.52. The van der Waals surface area contributed by atoms with Gasteiger partial charge in [-0.15, -0.1) is 0 Å². The Morgan fingerprint density at radius 1 is 1.22 bits per heavy atom. The summed E-state index contributed by atoms with van der Waals surface area (Å²) in [5.74, 6) is 0.0833. The van der Waals surface area contributed by atoms with Crippen molar-refractivity contribution < 1.29 is 14.4 Å². The van der Waals surface area contributed by atoms with E-state index >= 15 is 0 Å². The fourth-order valence-electron chi connectivity index (χ4n) is 5.60. The Labute approximate surface area is 158 Å². The highest BCUT2D eigenvalue weighted by molar-refractivity contribution is 6.19. The lowest BCUT2D eigenvalue weighted by Gasteiger charge is -2.59. The zero-order chi connectivity index (χ0) is 19.0. The molecule has 0 aliphatic carbocycles. The van der Waals surface area contributed by atoms with Gasteiger partial charge < -0.3 is 15.5 Å². The molecule has 1 aromatic rings. The number of amides is 2. The van der Waals surface area contributed by atoms with Crippen LogP contribution < -0.4 is 10.6 Å². The number of Topliss-reactive ketones (excluding diaryl/α,β-unsaturated/α-hetero) is 1. The number of para-hydroxylation sites is 1. The first kappa shape index (κ1) is 16.5. The van der Waals surface area contributed by atoms with Crippen LogP contribution in [-0.2, 0) is 9.59 Å². The van der Waals surface area contributed by atoms with Crippen molar-refractivity contribution >= 4 is 23.3 Å². The van der Waals surface area contributed by atoms with E-state index in [1.165, 1.54) is 0 Å². The van der Waals surface area contributed by atoms with Crippen LogP contribution in [0.4, 0.5) is 5.69 Å². The number of allylic oxidation sites excluding steroid dienone is 1. The van der Waals surface area contributed by atoms with Gasteiger partial charge in [-0.25, -0.2) is 0 Å². The maximum atomic E-state index is 13.4. The molecule has 5 aliphatic rings. The van der Waals surface area contributed by atoms with Crippen LogP contribution in [0.5, 0.6) is 0 Å². The smallest absolute Gasteiger partial charge is 0.253 e. The first-order valence-electron chi connectivity index (χ1n) is 9.67. The van der Waals surface area contributed by atoms with E-state index in [-0.39, 0.29) is 29.4 Å². The summed E-state index contributed by atoms with van der Waals surface area (Å²) in [6.45, 7) is 4.84. The molecule has 1 aromatic carbocycles. The second kappa shape index (κ2) is 5.21. The molecule has 6 nitrogen and oxygen atoms in total. The number of rotatable bonds is 2. The van der Waals surface area contributed by atoms with Crippen molar-refractivity contribution in [3.8, 4) is 0 Å². The Balaban J connectivity index is 1.61. The standard InChI is InChI=1S/C21H23N3O3/c1-12(2)14-10-20(11-16-17(25)13-6-3-4-7-15(13)22-16)19(27)24-9-5-8-21(14,24)18(26)23-20/h3-4,6-7,11-12,14,22H,5,8-10H2,1-2H3,(H,23,26)/b16-11+/t14-,20-,21+/m0/s1. The number of benzene rings is 1. The van der Waals surface area contributed by atoms with Crippen molar-refractivity contribution in [1.29, 1.82) is 0 Å². The summed E-state index contributed by atoms with van der Waals surface area (Å²) in [4.78, 5) is 41.2. The number of carbonyl (C=O) groups excluding carboxylic acids is 3. The lowest BCUT2D eigenvalue weighted by molar-refractivity contribution is -0.174. The third-order valence-electron chi connectivity index (χ3n) is 6.81. The summed E-state index contributed by atoms with van der Waals surface area (Å²) in [6, 6.07) is 7.30. The maximum absolute atomic E-state index is 13.4. The molecular weight excluding hydrogens is 342 g/mol. The second-order valence-electron chi connectivity index (χ2n) is 8.52. The molecule has 0 aromatic heterocycles. The number of nitrogens with one attached hydrogen (secondary N) is 2. The predicted octanol–water partition coefficient (Wildman–Crippen LogP) is 2.08. The molecule has 6 rings (SSSR count). The molecule has 3 atom stereocenters. The Morgan fingerprint density at radius 3 is 2.74 bits per heavy atom. The fourth-order valence-corrected chi connectivity index (χ4v) is 5.60. The lowest BCUT2D eigenvalue weighted by Crippen LogP contribution is -2.81. The van der Waals surface area contributed by atoms with Gasteiger partial charge in [-0.3, -0.25) is 14.4 Å². The zero-order valence-electron chi connectivity index (χ0n) is 15.5. The molecule has 0 radical (unpaired) electrons. The van der Waals surface area contributed by atoms with Crippen molar-refractivity contribution in [3.63, 3.8) is 0 Å². The van der Waals surface area contributed by atoms with E-state index in [0.717, 1.165) is 18.5 Å². The van der Waals surface area contributed by atoms with Crippen LogP contribution in [0.1, 0.15) is 43.5 Å². The van der Waals surface area contributed by atoms with Crippen LogP contribution in [0.3, 0.4) is 0 Å². The van der Waals surface area contributed by atoms with Crippen LogP contribution in [0.2, 0.25) is 0 Å². The number of piperazine rings is 1. The number of carbonyl (C=O) groups is 3. The molecule has 4 fully saturated rings. The van der Waals surface area contributed by atoms with Gasteiger partial charge in [-0.1, -0.05) is 26.0 Å². The summed E-state index contributed by atoms with van der Waals surface area (Å²) >= 11 is 0. The van der Waals surface area contributed by atoms with Crippen molar-refractivity contribution in [1.82, 2.24) is 10.2 Å². The van der Waals surface area contributed by atoms with Gasteiger partial charge in [0.1, 0.15) is 11.1 Å². The quantitative estimate of drug-likeness (QED) is 0.787. The minimum atomic E-state index is -1.14. The molecular formula is C21H23N3O3. The minimum Gasteiger partial charge on any atom is -0.352 e. The summed E-state index contributed by atoms with van der Waals surface area (Å²) in [5.41, 5.74) is -0.131. The van der Waals surface area contributed by atoms with Crippen LogP contribution >= 0.6 is 0 Å². The van der Waals surface area contributed by atoms with Crippen LogP contribution in [0.15, 0.2) is 36.0 Å². The highest BCUT2D eigenvalue weighted by atomic mass is 16.2. The molecule has 2 N–H and O–H groups in total. The van der Waals surface area contributed by atoms with Gasteiger partial charge >= 0.3 is 0 Å². The van der Waals surface area contributed by atoms with Gasteiger partial charge in [0.25, 0.3) is 5.91 Å². The molecule has 5 heterocycles. The fraction of sp³-hybridized carbons (Fsp3) is 0.476. The molecule has 1 spiro atoms. The SMILES string of the molecule is CC(C)[C@@H]1C[C@@]2(/C=C3/Nc4ccccc4C3=O)NC(=O)[C@@]13CCCN3C2=O. The number of nitrogens with zero attached hydrogens (tertiary/aromatic N) is 1. The van der Waals surface area contributed by atoms with Gasteiger partial charge in [0.2, 0.25) is 11.7 Å². The summed E-state index contributed by atoms with van der Waals surface area (Å²) in [5, 5.41) is 6.14. The minimum absolute atomic E-state index is 0.0654. The van der Waals surface area contributed by atoms with Crippen LogP contribution in [-0.4, -0.2) is 40.1 Å². The molecule has 2 amide bonds. The monoisotopic (exact) mass is 365 g/mol. The maximum Gasteiger partial charge on any atom is 0.253 e. The van der Waals surface area contributed by atoms with Crippen LogP contribution in [0.25, 0.3) is 0 Å². The molecule has 4 saturated heterocycles. The molecule has 0 saturated carbocycles. The number of hydrogen-bond acceptors (Lipinski definition) is 4. The Bertz CT molecular complexity index is 921. The third-order valence-corrected chi connectivity index (χ3v) is 6.81. The molecule has 6 heteroatoms. The van der Waals surface area contributed by atoms with E-state index in [4.69, 9.17) is 0 Å². The van der Waals surface area contributed by atoms with E-state index < -0.39 is 11.1 Å². The highest BCUT2D eigenvalue weighted by Crippen LogP contribution is 2.52. The summed E-state index contributed by atoms with van der Waals surface area (Å²) in [7, 11) is 0. The van der Waals surface area contributed by atoms with E-state index in [1.807, 2.05) is 18.2 Å². The van der Waals surface area contributed by atoms with E-state index in [0.29, 0.717) is 24.2 Å². The average molecular weight is 365 g/mol. The Kier molecular flexibility index (Phi) is 3.19. The number of ketones is 1. The van der Waals surface area contributed by atoms with E-state index in [9.17, 15) is 14.4 Å². The molecule has 27 heavy (non-hydrogen) atoms. The van der Waals surface area contributed by atoms with Crippen molar-refractivity contribution in [2.24, 2.45) is 11.8 Å².